The number of nitrogens with two attached hydrogens (primary N) is 1. The largest absolute Gasteiger partial charge is 0.409 e. The molecule has 0 saturated heterocycles. The second kappa shape index (κ2) is 7.08. The Labute approximate surface area is 124 Å². The van der Waals surface area contributed by atoms with Crippen molar-refractivity contribution in [3.8, 4) is 0 Å². The van der Waals surface area contributed by atoms with Crippen molar-refractivity contribution in [2.75, 3.05) is 11.9 Å². The van der Waals surface area contributed by atoms with E-state index >= 15 is 0 Å². The molecule has 21 heavy (non-hydrogen) atoms. The predicted octanol–water partition coefficient (Wildman–Crippen LogP) is 1.92. The fraction of sp³-hybridized carbons (Fsp3) is 0.467. The van der Waals surface area contributed by atoms with Crippen LogP contribution in [0.15, 0.2) is 29.4 Å². The fourth-order valence-corrected chi connectivity index (χ4v) is 2.50. The van der Waals surface area contributed by atoms with Crippen LogP contribution in [0.25, 0.3) is 0 Å². The summed E-state index contributed by atoms with van der Waals surface area (Å²) in [7, 11) is 0. The number of carbonyl (C=O) groups excluding carboxylic acids is 1. The van der Waals surface area contributed by atoms with Crippen molar-refractivity contribution in [3.63, 3.8) is 0 Å². The van der Waals surface area contributed by atoms with Crippen LogP contribution in [0.1, 0.15) is 31.7 Å². The van der Waals surface area contributed by atoms with E-state index in [4.69, 9.17) is 15.7 Å². The molecule has 6 nitrogen and oxygen atoms in total. The zero-order valence-corrected chi connectivity index (χ0v) is 12.1. The molecule has 0 bridgehead atoms. The monoisotopic (exact) mass is 291 g/mol. The van der Waals surface area contributed by atoms with Gasteiger partial charge in [-0.2, -0.15) is 0 Å². The van der Waals surface area contributed by atoms with E-state index in [0.29, 0.717) is 29.7 Å². The molecule has 114 valence electrons. The Morgan fingerprint density at radius 2 is 2.29 bits per heavy atom. The van der Waals surface area contributed by atoms with Gasteiger partial charge in [0, 0.05) is 24.3 Å². The lowest BCUT2D eigenvalue weighted by atomic mass is 9.80. The Hall–Kier alpha value is -2.08. The number of hydrogen-bond acceptors (Lipinski definition) is 4. The zero-order chi connectivity index (χ0) is 15.2. The van der Waals surface area contributed by atoms with Crippen molar-refractivity contribution in [1.29, 1.82) is 0 Å². The van der Waals surface area contributed by atoms with Crippen LogP contribution in [-0.2, 0) is 9.53 Å². The predicted molar refractivity (Wildman–Crippen MR) is 80.3 cm³/mol. The van der Waals surface area contributed by atoms with Gasteiger partial charge in [0.05, 0.1) is 6.10 Å². The van der Waals surface area contributed by atoms with Gasteiger partial charge in [-0.3, -0.25) is 4.79 Å². The number of rotatable bonds is 6. The summed E-state index contributed by atoms with van der Waals surface area (Å²) in [5, 5.41) is 14.4. The Balaban J connectivity index is 1.83. The molecule has 1 fully saturated rings. The van der Waals surface area contributed by atoms with Gasteiger partial charge >= 0.3 is 0 Å². The highest BCUT2D eigenvalue weighted by Crippen LogP contribution is 2.32. The van der Waals surface area contributed by atoms with Crippen LogP contribution < -0.4 is 11.1 Å². The maximum Gasteiger partial charge on any atom is 0.224 e. The van der Waals surface area contributed by atoms with Crippen molar-refractivity contribution in [2.24, 2.45) is 16.8 Å². The van der Waals surface area contributed by atoms with Crippen molar-refractivity contribution in [1.82, 2.24) is 0 Å². The third-order valence-electron chi connectivity index (χ3n) is 3.62. The molecule has 0 spiro atoms. The molecule has 0 radical (unpaired) electrons. The highest BCUT2D eigenvalue weighted by molar-refractivity contribution is 5.99. The van der Waals surface area contributed by atoms with Crippen LogP contribution in [0.3, 0.4) is 0 Å². The van der Waals surface area contributed by atoms with Crippen LogP contribution in [0.5, 0.6) is 0 Å². The van der Waals surface area contributed by atoms with Gasteiger partial charge in [0.25, 0.3) is 0 Å². The van der Waals surface area contributed by atoms with Gasteiger partial charge in [-0.05, 0) is 37.8 Å². The normalized spacial score (nSPS) is 21.7. The van der Waals surface area contributed by atoms with Crippen LogP contribution in [-0.4, -0.2) is 29.7 Å². The molecule has 1 aliphatic carbocycles. The molecule has 0 unspecified atom stereocenters. The van der Waals surface area contributed by atoms with E-state index in [0.717, 1.165) is 19.4 Å². The minimum absolute atomic E-state index is 0.0182. The van der Waals surface area contributed by atoms with Gasteiger partial charge in [0.15, 0.2) is 5.84 Å². The maximum atomic E-state index is 12.0. The van der Waals surface area contributed by atoms with E-state index in [1.165, 1.54) is 0 Å². The summed E-state index contributed by atoms with van der Waals surface area (Å²) in [5.74, 6) is 0.394. The lowest BCUT2D eigenvalue weighted by Crippen LogP contribution is -2.33. The summed E-state index contributed by atoms with van der Waals surface area (Å²) < 4.78 is 5.48. The second-order valence-corrected chi connectivity index (χ2v) is 5.23. The topological polar surface area (TPSA) is 96.9 Å². The standard InChI is InChI=1S/C15H21N3O3/c1-2-21-13-6-10(7-13)8-14(19)17-12-5-3-4-11(9-12)15(16)18-20/h3-5,9-10,13,20H,2,6-8H2,1H3,(H2,16,18)(H,17,19). The number of amidine groups is 1. The molecular formula is C15H21N3O3. The first kappa shape index (κ1) is 15.3. The first-order valence-corrected chi connectivity index (χ1v) is 7.11. The summed E-state index contributed by atoms with van der Waals surface area (Å²) in [6, 6.07) is 6.91. The minimum Gasteiger partial charge on any atom is -0.409 e. The van der Waals surface area contributed by atoms with Crippen LogP contribution in [0.4, 0.5) is 5.69 Å². The summed E-state index contributed by atoms with van der Waals surface area (Å²) >= 11 is 0. The van der Waals surface area contributed by atoms with E-state index in [1.807, 2.05) is 6.92 Å². The van der Waals surface area contributed by atoms with Crippen molar-refractivity contribution in [2.45, 2.75) is 32.3 Å². The van der Waals surface area contributed by atoms with Crippen LogP contribution in [0.2, 0.25) is 0 Å². The number of hydrogen-bond donors (Lipinski definition) is 3. The van der Waals surface area contributed by atoms with Gasteiger partial charge in [-0.1, -0.05) is 17.3 Å². The number of ether oxygens (including phenoxy) is 1. The Morgan fingerprint density at radius 1 is 1.52 bits per heavy atom. The highest BCUT2D eigenvalue weighted by Gasteiger charge is 2.30. The highest BCUT2D eigenvalue weighted by atomic mass is 16.5. The molecule has 1 aliphatic rings. The smallest absolute Gasteiger partial charge is 0.224 e. The molecule has 1 aromatic rings. The van der Waals surface area contributed by atoms with Crippen molar-refractivity contribution in [3.05, 3.63) is 29.8 Å². The van der Waals surface area contributed by atoms with E-state index in [-0.39, 0.29) is 11.7 Å². The summed E-state index contributed by atoms with van der Waals surface area (Å²) in [5.41, 5.74) is 6.73. The van der Waals surface area contributed by atoms with Crippen molar-refractivity contribution >= 4 is 17.4 Å². The van der Waals surface area contributed by atoms with Crippen molar-refractivity contribution < 1.29 is 14.7 Å². The van der Waals surface area contributed by atoms with Gasteiger partial charge in [0.1, 0.15) is 0 Å². The average molecular weight is 291 g/mol. The summed E-state index contributed by atoms with van der Waals surface area (Å²) in [6.07, 6.45) is 2.71. The van der Waals surface area contributed by atoms with E-state index in [1.54, 1.807) is 24.3 Å². The second-order valence-electron chi connectivity index (χ2n) is 5.23. The molecule has 4 N–H and O–H groups in total. The molecule has 1 aromatic carbocycles. The third kappa shape index (κ3) is 4.19. The number of nitrogens with one attached hydrogen (secondary N) is 1. The molecule has 1 saturated carbocycles. The van der Waals surface area contributed by atoms with E-state index in [2.05, 4.69) is 10.5 Å². The van der Waals surface area contributed by atoms with Crippen LogP contribution in [0, 0.1) is 5.92 Å². The number of carbonyl (C=O) groups is 1. The Kier molecular flexibility index (Phi) is 5.16. The number of benzene rings is 1. The molecule has 6 heteroatoms. The summed E-state index contributed by atoms with van der Waals surface area (Å²) in [6.45, 7) is 2.71. The van der Waals surface area contributed by atoms with E-state index in [9.17, 15) is 4.79 Å². The lowest BCUT2D eigenvalue weighted by molar-refractivity contribution is -0.119. The number of anilines is 1. The molecule has 0 atom stereocenters. The molecule has 2 rings (SSSR count). The quantitative estimate of drug-likeness (QED) is 0.323. The minimum atomic E-state index is -0.0217. The van der Waals surface area contributed by atoms with Gasteiger partial charge < -0.3 is 21.0 Å². The maximum absolute atomic E-state index is 12.0. The summed E-state index contributed by atoms with van der Waals surface area (Å²) in [4.78, 5) is 12.0. The molecule has 0 heterocycles. The first-order chi connectivity index (χ1) is 10.1. The van der Waals surface area contributed by atoms with Crippen LogP contribution >= 0.6 is 0 Å². The fourth-order valence-electron chi connectivity index (χ4n) is 2.50. The Morgan fingerprint density at radius 3 is 2.95 bits per heavy atom. The number of oxime groups is 1. The average Bonchev–Trinajstić information content (AvgIpc) is 2.44. The number of nitrogens with zero attached hydrogens (tertiary/aromatic N) is 1. The molecule has 1 amide bonds. The molecular weight excluding hydrogens is 270 g/mol. The first-order valence-electron chi connectivity index (χ1n) is 7.11. The van der Waals surface area contributed by atoms with Gasteiger partial charge in [0.2, 0.25) is 5.91 Å². The van der Waals surface area contributed by atoms with Gasteiger partial charge in [-0.25, -0.2) is 0 Å². The number of amides is 1. The van der Waals surface area contributed by atoms with Gasteiger partial charge in [-0.15, -0.1) is 0 Å². The Bertz CT molecular complexity index is 525. The zero-order valence-electron chi connectivity index (χ0n) is 12.1. The van der Waals surface area contributed by atoms with E-state index < -0.39 is 0 Å². The lowest BCUT2D eigenvalue weighted by Gasteiger charge is -2.34. The molecule has 0 aromatic heterocycles. The molecule has 0 aliphatic heterocycles. The SMILES string of the molecule is CCOC1CC(CC(=O)Nc2cccc(/C(N)=N/O)c2)C1. The third-order valence-corrected chi connectivity index (χ3v) is 3.62.